The van der Waals surface area contributed by atoms with E-state index in [-0.39, 0.29) is 11.8 Å². The van der Waals surface area contributed by atoms with Crippen LogP contribution in [-0.2, 0) is 4.79 Å². The van der Waals surface area contributed by atoms with Gasteiger partial charge in [0.2, 0.25) is 5.91 Å². The van der Waals surface area contributed by atoms with Crippen LogP contribution in [0.3, 0.4) is 0 Å². The molecule has 2 amide bonds. The third-order valence-corrected chi connectivity index (χ3v) is 4.06. The van der Waals surface area contributed by atoms with Crippen LogP contribution in [0.2, 0.25) is 5.02 Å². The molecule has 1 aliphatic rings. The maximum absolute atomic E-state index is 12.0. The monoisotopic (exact) mass is 294 g/mol. The van der Waals surface area contributed by atoms with Crippen LogP contribution >= 0.6 is 11.6 Å². The van der Waals surface area contributed by atoms with Gasteiger partial charge in [0.15, 0.2) is 0 Å². The van der Waals surface area contributed by atoms with Crippen molar-refractivity contribution in [3.05, 3.63) is 34.9 Å². The molecule has 1 fully saturated rings. The molecule has 0 aliphatic carbocycles. The Morgan fingerprint density at radius 1 is 1.30 bits per heavy atom. The van der Waals surface area contributed by atoms with E-state index in [4.69, 9.17) is 11.6 Å². The summed E-state index contributed by atoms with van der Waals surface area (Å²) in [6.07, 6.45) is 1.87. The molecule has 0 unspecified atom stereocenters. The lowest BCUT2D eigenvalue weighted by atomic mass is 9.96. The minimum Gasteiger partial charge on any atom is -0.352 e. The molecule has 1 N–H and O–H groups in total. The van der Waals surface area contributed by atoms with Crippen LogP contribution in [0, 0.1) is 5.92 Å². The minimum absolute atomic E-state index is 0.128. The van der Waals surface area contributed by atoms with Crippen molar-refractivity contribution in [2.75, 3.05) is 19.6 Å². The van der Waals surface area contributed by atoms with E-state index in [0.717, 1.165) is 25.9 Å². The maximum atomic E-state index is 12.0. The molecule has 0 saturated carbocycles. The van der Waals surface area contributed by atoms with E-state index < -0.39 is 0 Å². The first-order valence-electron chi connectivity index (χ1n) is 6.86. The predicted octanol–water partition coefficient (Wildman–Crippen LogP) is 2.33. The number of hydrogen-bond donors (Lipinski definition) is 1. The Hall–Kier alpha value is -1.55. The largest absolute Gasteiger partial charge is 0.352 e. The number of hydrogen-bond acceptors (Lipinski definition) is 2. The Balaban J connectivity index is 1.80. The van der Waals surface area contributed by atoms with E-state index >= 15 is 0 Å². The van der Waals surface area contributed by atoms with Crippen LogP contribution in [-0.4, -0.2) is 36.3 Å². The first kappa shape index (κ1) is 14.9. The van der Waals surface area contributed by atoms with Crippen molar-refractivity contribution in [1.82, 2.24) is 10.2 Å². The van der Waals surface area contributed by atoms with Crippen LogP contribution in [0.5, 0.6) is 0 Å². The van der Waals surface area contributed by atoms with Gasteiger partial charge in [-0.05, 0) is 30.9 Å². The van der Waals surface area contributed by atoms with Gasteiger partial charge in [0.1, 0.15) is 0 Å². The van der Waals surface area contributed by atoms with Crippen molar-refractivity contribution in [3.8, 4) is 0 Å². The second-order valence-electron chi connectivity index (χ2n) is 5.14. The van der Waals surface area contributed by atoms with Gasteiger partial charge in [0.25, 0.3) is 5.91 Å². The first-order valence-corrected chi connectivity index (χ1v) is 7.24. The van der Waals surface area contributed by atoms with E-state index in [1.165, 1.54) is 0 Å². The van der Waals surface area contributed by atoms with E-state index in [1.54, 1.807) is 31.2 Å². The third kappa shape index (κ3) is 3.73. The second kappa shape index (κ2) is 6.75. The predicted molar refractivity (Wildman–Crippen MR) is 78.8 cm³/mol. The summed E-state index contributed by atoms with van der Waals surface area (Å²) in [5, 5.41) is 3.40. The average molecular weight is 295 g/mol. The zero-order valence-corrected chi connectivity index (χ0v) is 12.3. The summed E-state index contributed by atoms with van der Waals surface area (Å²) in [6.45, 7) is 3.79. The van der Waals surface area contributed by atoms with Gasteiger partial charge in [-0.15, -0.1) is 0 Å². The molecular weight excluding hydrogens is 276 g/mol. The van der Waals surface area contributed by atoms with Gasteiger partial charge in [0, 0.05) is 26.6 Å². The van der Waals surface area contributed by atoms with Gasteiger partial charge in [-0.2, -0.15) is 0 Å². The second-order valence-corrected chi connectivity index (χ2v) is 5.55. The fraction of sp³-hybridized carbons (Fsp3) is 0.467. The normalized spacial score (nSPS) is 16.0. The zero-order valence-electron chi connectivity index (χ0n) is 11.6. The van der Waals surface area contributed by atoms with Gasteiger partial charge in [0.05, 0.1) is 10.6 Å². The van der Waals surface area contributed by atoms with Crippen LogP contribution in [0.25, 0.3) is 0 Å². The summed E-state index contributed by atoms with van der Waals surface area (Å²) in [7, 11) is 0. The third-order valence-electron chi connectivity index (χ3n) is 3.73. The molecule has 2 rings (SSSR count). The van der Waals surface area contributed by atoms with Crippen LogP contribution in [0.15, 0.2) is 24.3 Å². The lowest BCUT2D eigenvalue weighted by molar-refractivity contribution is -0.130. The summed E-state index contributed by atoms with van der Waals surface area (Å²) in [4.78, 5) is 25.1. The molecule has 0 spiro atoms. The Kier molecular flexibility index (Phi) is 5.01. The quantitative estimate of drug-likeness (QED) is 0.930. The Morgan fingerprint density at radius 2 is 1.95 bits per heavy atom. The summed E-state index contributed by atoms with van der Waals surface area (Å²) in [6, 6.07) is 7.03. The van der Waals surface area contributed by atoms with Crippen molar-refractivity contribution >= 4 is 23.4 Å². The molecule has 1 heterocycles. The van der Waals surface area contributed by atoms with Crippen molar-refractivity contribution in [2.45, 2.75) is 19.8 Å². The van der Waals surface area contributed by atoms with Gasteiger partial charge in [-0.25, -0.2) is 0 Å². The summed E-state index contributed by atoms with van der Waals surface area (Å²) in [5.74, 6) is 0.421. The summed E-state index contributed by atoms with van der Waals surface area (Å²) < 4.78 is 0. The van der Waals surface area contributed by atoms with Crippen LogP contribution in [0.1, 0.15) is 30.1 Å². The molecule has 0 radical (unpaired) electrons. The molecular formula is C15H19ClN2O2. The number of carbonyl (C=O) groups excluding carboxylic acids is 2. The highest BCUT2D eigenvalue weighted by Crippen LogP contribution is 2.18. The highest BCUT2D eigenvalue weighted by molar-refractivity contribution is 6.33. The number of piperidine rings is 1. The number of rotatable bonds is 3. The Morgan fingerprint density at radius 3 is 2.55 bits per heavy atom. The van der Waals surface area contributed by atoms with Gasteiger partial charge >= 0.3 is 0 Å². The molecule has 108 valence electrons. The van der Waals surface area contributed by atoms with Crippen LogP contribution < -0.4 is 5.32 Å². The fourth-order valence-electron chi connectivity index (χ4n) is 2.43. The molecule has 5 heteroatoms. The smallest absolute Gasteiger partial charge is 0.252 e. The number of nitrogens with one attached hydrogen (secondary N) is 1. The number of amides is 2. The molecule has 4 nitrogen and oxygen atoms in total. The lowest BCUT2D eigenvalue weighted by Crippen LogP contribution is -2.40. The zero-order chi connectivity index (χ0) is 14.5. The van der Waals surface area contributed by atoms with E-state index in [2.05, 4.69) is 5.32 Å². The van der Waals surface area contributed by atoms with Crippen molar-refractivity contribution < 1.29 is 9.59 Å². The number of benzene rings is 1. The maximum Gasteiger partial charge on any atom is 0.252 e. The number of nitrogens with zero attached hydrogens (tertiary/aromatic N) is 1. The number of halogens is 1. The molecule has 1 saturated heterocycles. The highest BCUT2D eigenvalue weighted by Gasteiger charge is 2.21. The van der Waals surface area contributed by atoms with Crippen LogP contribution in [0.4, 0.5) is 0 Å². The minimum atomic E-state index is -0.135. The van der Waals surface area contributed by atoms with E-state index in [9.17, 15) is 9.59 Å². The molecule has 20 heavy (non-hydrogen) atoms. The summed E-state index contributed by atoms with van der Waals surface area (Å²) >= 11 is 5.99. The molecule has 0 atom stereocenters. The fourth-order valence-corrected chi connectivity index (χ4v) is 2.65. The SMILES string of the molecule is CC(=O)N1CCC(CNC(=O)c2ccccc2Cl)CC1. The topological polar surface area (TPSA) is 49.4 Å². The van der Waals surface area contributed by atoms with Gasteiger partial charge < -0.3 is 10.2 Å². The first-order chi connectivity index (χ1) is 9.58. The van der Waals surface area contributed by atoms with Gasteiger partial charge in [-0.1, -0.05) is 23.7 Å². The standard InChI is InChI=1S/C15H19ClN2O2/c1-11(19)18-8-6-12(7-9-18)10-17-15(20)13-4-2-3-5-14(13)16/h2-5,12H,6-10H2,1H3,(H,17,20). The highest BCUT2D eigenvalue weighted by atomic mass is 35.5. The van der Waals surface area contributed by atoms with E-state index in [0.29, 0.717) is 23.0 Å². The molecule has 1 aliphatic heterocycles. The average Bonchev–Trinajstić information content (AvgIpc) is 2.45. The van der Waals surface area contributed by atoms with Crippen molar-refractivity contribution in [3.63, 3.8) is 0 Å². The summed E-state index contributed by atoms with van der Waals surface area (Å²) in [5.41, 5.74) is 0.510. The number of carbonyl (C=O) groups is 2. The molecule has 0 aromatic heterocycles. The number of likely N-dealkylation sites (tertiary alicyclic amines) is 1. The van der Waals surface area contributed by atoms with Crippen molar-refractivity contribution in [2.24, 2.45) is 5.92 Å². The van der Waals surface area contributed by atoms with Crippen molar-refractivity contribution in [1.29, 1.82) is 0 Å². The Labute approximate surface area is 124 Å². The molecule has 1 aromatic carbocycles. The molecule has 0 bridgehead atoms. The molecule has 1 aromatic rings. The Bertz CT molecular complexity index is 496. The lowest BCUT2D eigenvalue weighted by Gasteiger charge is -2.31. The van der Waals surface area contributed by atoms with Gasteiger partial charge in [-0.3, -0.25) is 9.59 Å². The van der Waals surface area contributed by atoms with E-state index in [1.807, 2.05) is 4.90 Å².